The molecule has 1 aromatic heterocycles. The molecule has 9 atom stereocenters. The molecule has 6 heterocycles. The summed E-state index contributed by atoms with van der Waals surface area (Å²) >= 11 is 0. The number of esters is 3. The van der Waals surface area contributed by atoms with E-state index < -0.39 is 52.5 Å². The number of ether oxygens (including phenoxy) is 4. The van der Waals surface area contributed by atoms with Gasteiger partial charge in [0, 0.05) is 90.9 Å². The van der Waals surface area contributed by atoms with E-state index in [1.807, 2.05) is 49.5 Å². The molecule has 342 valence electrons. The molecule has 2 N–H and O–H groups in total. The molecule has 2 unspecified atom stereocenters. The SMILES string of the molecule is CCC1=C[C@@H]2CN(CCc3c([nH]c4ccccc34)[C@@](C(=O)OC)(c3cc4c(cc3OC)N(C)[C@H]3C(O)(COC(=O)Cc5ccccc5)[C@H](OC(C)=O)[C@]5(CC)C=CCN6CC[C@]43[C@@H]65)C2)C1. The molecule has 6 aliphatic rings. The predicted molar refractivity (Wildman–Crippen MR) is 248 cm³/mol. The van der Waals surface area contributed by atoms with Gasteiger partial charge < -0.3 is 33.9 Å². The number of benzene rings is 3. The monoisotopic (exact) mass is 882 g/mol. The van der Waals surface area contributed by atoms with Crippen LogP contribution in [-0.2, 0) is 52.3 Å². The first-order valence-electron chi connectivity index (χ1n) is 23.5. The maximum atomic E-state index is 15.4. The molecule has 0 radical (unpaired) electrons. The van der Waals surface area contributed by atoms with E-state index in [0.29, 0.717) is 37.1 Å². The first kappa shape index (κ1) is 43.5. The Morgan fingerprint density at radius 2 is 1.75 bits per heavy atom. The van der Waals surface area contributed by atoms with Crippen LogP contribution in [0.4, 0.5) is 5.69 Å². The molecular weight excluding hydrogens is 821 g/mol. The van der Waals surface area contributed by atoms with E-state index in [4.69, 9.17) is 18.9 Å². The molecule has 0 amide bonds. The Bertz CT molecular complexity index is 2610. The highest BCUT2D eigenvalue weighted by Crippen LogP contribution is 2.68. The number of rotatable bonds is 10. The largest absolute Gasteiger partial charge is 0.496 e. The van der Waals surface area contributed by atoms with Gasteiger partial charge in [0.05, 0.1) is 26.7 Å². The highest BCUT2D eigenvalue weighted by molar-refractivity contribution is 5.94. The van der Waals surface area contributed by atoms with Crippen LogP contribution in [0, 0.1) is 11.3 Å². The summed E-state index contributed by atoms with van der Waals surface area (Å²) in [6, 6.07) is 21.0. The molecule has 3 aromatic carbocycles. The lowest BCUT2D eigenvalue weighted by Crippen LogP contribution is -2.80. The van der Waals surface area contributed by atoms with E-state index in [0.717, 1.165) is 78.0 Å². The number of likely N-dealkylation sites (N-methyl/N-ethyl adjacent to an activating group) is 1. The first-order valence-corrected chi connectivity index (χ1v) is 23.5. The van der Waals surface area contributed by atoms with Crippen molar-refractivity contribution < 1.29 is 38.4 Å². The van der Waals surface area contributed by atoms with Crippen LogP contribution >= 0.6 is 0 Å². The second-order valence-electron chi connectivity index (χ2n) is 19.5. The summed E-state index contributed by atoms with van der Waals surface area (Å²) in [6.07, 6.45) is 8.92. The van der Waals surface area contributed by atoms with Gasteiger partial charge in [-0.25, -0.2) is 0 Å². The van der Waals surface area contributed by atoms with Gasteiger partial charge >= 0.3 is 17.9 Å². The lowest BCUT2D eigenvalue weighted by Gasteiger charge is -2.64. The summed E-state index contributed by atoms with van der Waals surface area (Å²) in [5.74, 6) is -0.827. The third-order valence-corrected chi connectivity index (χ3v) is 16.3. The van der Waals surface area contributed by atoms with Crippen molar-refractivity contribution in [2.45, 2.75) is 93.9 Å². The Kier molecular flexibility index (Phi) is 10.8. The number of anilines is 1. The summed E-state index contributed by atoms with van der Waals surface area (Å²) in [5, 5.41) is 14.9. The average molecular weight is 883 g/mol. The zero-order chi connectivity index (χ0) is 45.5. The van der Waals surface area contributed by atoms with E-state index in [2.05, 4.69) is 76.0 Å². The Hall–Kier alpha value is -5.43. The first-order chi connectivity index (χ1) is 31.4. The van der Waals surface area contributed by atoms with Gasteiger partial charge in [0.15, 0.2) is 5.60 Å². The van der Waals surface area contributed by atoms with Crippen molar-refractivity contribution in [3.05, 3.63) is 118 Å². The maximum absolute atomic E-state index is 15.4. The van der Waals surface area contributed by atoms with Gasteiger partial charge in [0.2, 0.25) is 0 Å². The van der Waals surface area contributed by atoms with E-state index in [9.17, 15) is 14.7 Å². The standard InChI is InChI=1S/C53H62N4O8/c1-7-34-25-36-29-52(49(60)63-6,45-38(19-23-56(30-34)31-36)37-17-12-13-18-41(37)54-45)40-27-39-42(28-43(40)62-5)55(4)47-51(39)21-24-57-22-14-20-50(8-2,46(51)57)48(65-33(3)58)53(47,61)32-64-44(59)26-35-15-10-9-11-16-35/h9-18,20,25,27-28,36,46-48,54,61H,7-8,19,21-24,26,29-32H2,1-6H3/t36-,46-,47+,48+,50+,51+,52-,53?/m0/s1. The smallest absolute Gasteiger partial charge is 0.322 e. The minimum Gasteiger partial charge on any atom is -0.496 e. The number of hydrogen-bond acceptors (Lipinski definition) is 11. The predicted octanol–water partition coefficient (Wildman–Crippen LogP) is 6.41. The lowest BCUT2D eigenvalue weighted by molar-refractivity contribution is -0.232. The molecule has 12 heteroatoms. The lowest BCUT2D eigenvalue weighted by atomic mass is 9.47. The fourth-order valence-corrected chi connectivity index (χ4v) is 14.0. The number of fused-ring (bicyclic) bond motifs is 6. The Morgan fingerprint density at radius 1 is 0.969 bits per heavy atom. The van der Waals surface area contributed by atoms with Gasteiger partial charge in [-0.2, -0.15) is 0 Å². The summed E-state index contributed by atoms with van der Waals surface area (Å²) in [6.45, 7) is 9.23. The van der Waals surface area contributed by atoms with Crippen molar-refractivity contribution >= 4 is 34.5 Å². The summed E-state index contributed by atoms with van der Waals surface area (Å²) < 4.78 is 25.1. The zero-order valence-electron chi connectivity index (χ0n) is 38.5. The van der Waals surface area contributed by atoms with Crippen LogP contribution in [0.5, 0.6) is 5.75 Å². The number of nitrogens with one attached hydrogen (secondary N) is 1. The molecule has 12 nitrogen and oxygen atoms in total. The highest BCUT2D eigenvalue weighted by Gasteiger charge is 2.78. The topological polar surface area (TPSA) is 134 Å². The van der Waals surface area contributed by atoms with Crippen LogP contribution in [0.25, 0.3) is 10.9 Å². The van der Waals surface area contributed by atoms with Crippen LogP contribution in [0.2, 0.25) is 0 Å². The molecule has 10 rings (SSSR count). The van der Waals surface area contributed by atoms with Gasteiger partial charge in [0.1, 0.15) is 23.9 Å². The minimum atomic E-state index is -1.89. The third-order valence-electron chi connectivity index (χ3n) is 16.3. The summed E-state index contributed by atoms with van der Waals surface area (Å²) in [7, 11) is 5.11. The average Bonchev–Trinajstić information content (AvgIpc) is 3.98. The molecule has 2 fully saturated rings. The fraction of sp³-hybridized carbons (Fsp3) is 0.491. The summed E-state index contributed by atoms with van der Waals surface area (Å²) in [4.78, 5) is 53.4. The number of aliphatic hydroxyl groups is 1. The van der Waals surface area contributed by atoms with E-state index >= 15 is 4.79 Å². The molecule has 1 spiro atoms. The molecule has 5 aliphatic heterocycles. The van der Waals surface area contributed by atoms with Gasteiger partial charge in [0.25, 0.3) is 0 Å². The molecule has 1 aliphatic carbocycles. The van der Waals surface area contributed by atoms with Crippen molar-refractivity contribution in [2.75, 3.05) is 65.5 Å². The zero-order valence-corrected chi connectivity index (χ0v) is 38.5. The second-order valence-corrected chi connectivity index (χ2v) is 19.5. The minimum absolute atomic E-state index is 0.0229. The number of nitrogens with zero attached hydrogens (tertiary/aromatic N) is 3. The van der Waals surface area contributed by atoms with Crippen molar-refractivity contribution in [1.29, 1.82) is 0 Å². The Balaban J connectivity index is 1.22. The third kappa shape index (κ3) is 6.37. The van der Waals surface area contributed by atoms with Gasteiger partial charge in [-0.1, -0.05) is 86.2 Å². The van der Waals surface area contributed by atoms with Crippen LogP contribution in [0.15, 0.2) is 90.5 Å². The number of methoxy groups -OCH3 is 2. The number of carbonyl (C=O) groups excluding carboxylic acids is 3. The van der Waals surface area contributed by atoms with Gasteiger partial charge in [-0.05, 0) is 73.4 Å². The Labute approximate surface area is 381 Å². The van der Waals surface area contributed by atoms with Crippen LogP contribution < -0.4 is 9.64 Å². The van der Waals surface area contributed by atoms with E-state index in [-0.39, 0.29) is 24.3 Å². The number of carbonyl (C=O) groups is 3. The van der Waals surface area contributed by atoms with Gasteiger partial charge in [-0.3, -0.25) is 24.2 Å². The van der Waals surface area contributed by atoms with Crippen LogP contribution in [0.3, 0.4) is 0 Å². The number of hydrogen-bond donors (Lipinski definition) is 2. The quantitative estimate of drug-likeness (QED) is 0.104. The Morgan fingerprint density at radius 3 is 2.49 bits per heavy atom. The van der Waals surface area contributed by atoms with Crippen molar-refractivity contribution in [3.63, 3.8) is 0 Å². The molecule has 4 aromatic rings. The maximum Gasteiger partial charge on any atom is 0.322 e. The normalized spacial score (nSPS) is 32.2. The number of aromatic amines is 1. The molecular formula is C53H62N4O8. The molecule has 2 bridgehead atoms. The second kappa shape index (κ2) is 16.2. The molecule has 1 saturated carbocycles. The summed E-state index contributed by atoms with van der Waals surface area (Å²) in [5.41, 5.74) is 2.65. The van der Waals surface area contributed by atoms with Crippen molar-refractivity contribution in [3.8, 4) is 5.75 Å². The highest BCUT2D eigenvalue weighted by atomic mass is 16.6. The molecule has 65 heavy (non-hydrogen) atoms. The van der Waals surface area contributed by atoms with Crippen LogP contribution in [0.1, 0.15) is 74.4 Å². The van der Waals surface area contributed by atoms with E-state index in [1.165, 1.54) is 19.6 Å². The van der Waals surface area contributed by atoms with Crippen molar-refractivity contribution in [2.24, 2.45) is 11.3 Å². The number of H-pyrrole nitrogens is 1. The van der Waals surface area contributed by atoms with Crippen molar-refractivity contribution in [1.82, 2.24) is 14.8 Å². The van der Waals surface area contributed by atoms with Crippen LogP contribution in [-0.4, -0.2) is 122 Å². The number of aromatic nitrogens is 1. The molecule has 1 saturated heterocycles. The number of para-hydroxylation sites is 1. The van der Waals surface area contributed by atoms with Gasteiger partial charge in [-0.15, -0.1) is 0 Å². The fourth-order valence-electron chi connectivity index (χ4n) is 14.0. The van der Waals surface area contributed by atoms with E-state index in [1.54, 1.807) is 7.11 Å².